The quantitative estimate of drug-likeness (QED) is 0.283. The normalized spacial score (nSPS) is 11.8. The summed E-state index contributed by atoms with van der Waals surface area (Å²) < 4.78 is 39.7. The highest BCUT2D eigenvalue weighted by atomic mass is 32.2. The van der Waals surface area contributed by atoms with Gasteiger partial charge in [0.1, 0.15) is 5.82 Å². The van der Waals surface area contributed by atoms with E-state index in [1.54, 1.807) is 41.8 Å². The van der Waals surface area contributed by atoms with Crippen LogP contribution in [-0.2, 0) is 10.0 Å². The van der Waals surface area contributed by atoms with Crippen molar-refractivity contribution in [3.63, 3.8) is 0 Å². The fourth-order valence-electron chi connectivity index (χ4n) is 3.35. The number of hydrazone groups is 1. The van der Waals surface area contributed by atoms with Crippen LogP contribution < -0.4 is 4.83 Å². The molecule has 0 saturated carbocycles. The maximum absolute atomic E-state index is 13.3. The van der Waals surface area contributed by atoms with Crippen molar-refractivity contribution in [2.45, 2.75) is 11.8 Å². The van der Waals surface area contributed by atoms with E-state index in [1.165, 1.54) is 42.6 Å². The molecule has 156 valence electrons. The van der Waals surface area contributed by atoms with E-state index in [4.69, 9.17) is 0 Å². The first-order valence-corrected chi connectivity index (χ1v) is 10.9. The van der Waals surface area contributed by atoms with Gasteiger partial charge in [-0.2, -0.15) is 13.5 Å². The lowest BCUT2D eigenvalue weighted by Crippen LogP contribution is -2.18. The zero-order valence-corrected chi connectivity index (χ0v) is 17.3. The summed E-state index contributed by atoms with van der Waals surface area (Å²) in [4.78, 5) is 15.4. The molecule has 4 rings (SSSR count). The fourth-order valence-corrected chi connectivity index (χ4v) is 4.16. The molecule has 2 aromatic carbocycles. The third-order valence-electron chi connectivity index (χ3n) is 4.88. The minimum absolute atomic E-state index is 0.0952. The fraction of sp³-hybridized carbons (Fsp3) is 0.0435. The smallest absolute Gasteiger partial charge is 0.276 e. The van der Waals surface area contributed by atoms with E-state index < -0.39 is 15.8 Å². The van der Waals surface area contributed by atoms with Crippen LogP contribution in [0.3, 0.4) is 0 Å². The number of halogens is 1. The molecular formula is C23H18FN3O3S. The van der Waals surface area contributed by atoms with E-state index in [0.717, 1.165) is 0 Å². The van der Waals surface area contributed by atoms with Crippen LogP contribution in [0.4, 0.5) is 4.39 Å². The summed E-state index contributed by atoms with van der Waals surface area (Å²) in [6.45, 7) is 1.76. The van der Waals surface area contributed by atoms with Gasteiger partial charge in [0.25, 0.3) is 10.0 Å². The Labute approximate surface area is 178 Å². The van der Waals surface area contributed by atoms with Crippen molar-refractivity contribution in [1.29, 1.82) is 0 Å². The Kier molecular flexibility index (Phi) is 5.39. The predicted octanol–water partition coefficient (Wildman–Crippen LogP) is 3.93. The van der Waals surface area contributed by atoms with Gasteiger partial charge in [-0.15, -0.1) is 0 Å². The van der Waals surface area contributed by atoms with Crippen molar-refractivity contribution in [3.8, 4) is 0 Å². The molecule has 0 atom stereocenters. The summed E-state index contributed by atoms with van der Waals surface area (Å²) in [6, 6.07) is 18.6. The number of hydrogen-bond donors (Lipinski definition) is 1. The Bertz CT molecular complexity index is 1390. The molecule has 0 radical (unpaired) electrons. The third kappa shape index (κ3) is 3.97. The lowest BCUT2D eigenvalue weighted by atomic mass is 10.0. The largest absolute Gasteiger partial charge is 0.313 e. The van der Waals surface area contributed by atoms with Gasteiger partial charge in [-0.1, -0.05) is 24.3 Å². The van der Waals surface area contributed by atoms with Gasteiger partial charge in [-0.3, -0.25) is 4.79 Å². The molecule has 2 heterocycles. The monoisotopic (exact) mass is 435 g/mol. The van der Waals surface area contributed by atoms with Gasteiger partial charge in [-0.05, 0) is 61.0 Å². The van der Waals surface area contributed by atoms with Crippen LogP contribution in [-0.4, -0.2) is 24.8 Å². The van der Waals surface area contributed by atoms with Crippen LogP contribution in [0.15, 0.2) is 89.0 Å². The molecule has 0 unspecified atom stereocenters. The van der Waals surface area contributed by atoms with Crippen LogP contribution in [0.5, 0.6) is 0 Å². The van der Waals surface area contributed by atoms with Crippen molar-refractivity contribution < 1.29 is 17.6 Å². The number of hydrogen-bond acceptors (Lipinski definition) is 4. The molecule has 1 N–H and O–H groups in total. The lowest BCUT2D eigenvalue weighted by Gasteiger charge is -2.04. The summed E-state index contributed by atoms with van der Waals surface area (Å²) in [6.07, 6.45) is 3.12. The topological polar surface area (TPSA) is 80.0 Å². The molecule has 0 aliphatic carbocycles. The van der Waals surface area contributed by atoms with Crippen LogP contribution in [0, 0.1) is 12.7 Å². The highest BCUT2D eigenvalue weighted by molar-refractivity contribution is 7.89. The minimum Gasteiger partial charge on any atom is -0.313 e. The number of carbonyl (C=O) groups excluding carboxylic acids is 1. The SMILES string of the molecule is Cc1c(/C=N\NS(=O)(=O)c2ccccc2)c2ccccn2c1C(=O)c1ccc(F)cc1. The first-order chi connectivity index (χ1) is 14.9. The number of fused-ring (bicyclic) bond motifs is 1. The third-order valence-corrected chi connectivity index (χ3v) is 6.12. The predicted molar refractivity (Wildman–Crippen MR) is 116 cm³/mol. The molecule has 0 bridgehead atoms. The Morgan fingerprint density at radius 2 is 1.68 bits per heavy atom. The molecule has 6 nitrogen and oxygen atoms in total. The number of aromatic nitrogens is 1. The lowest BCUT2D eigenvalue weighted by molar-refractivity contribution is 0.103. The van der Waals surface area contributed by atoms with Crippen molar-refractivity contribution in [2.24, 2.45) is 5.10 Å². The highest BCUT2D eigenvalue weighted by Crippen LogP contribution is 2.24. The number of ketones is 1. The molecule has 4 aromatic rings. The van der Waals surface area contributed by atoms with E-state index in [2.05, 4.69) is 9.93 Å². The van der Waals surface area contributed by atoms with Gasteiger partial charge in [0.2, 0.25) is 5.78 Å². The van der Waals surface area contributed by atoms with E-state index in [0.29, 0.717) is 27.9 Å². The van der Waals surface area contributed by atoms with Crippen molar-refractivity contribution in [1.82, 2.24) is 9.23 Å². The molecule has 8 heteroatoms. The Morgan fingerprint density at radius 1 is 1.00 bits per heavy atom. The standard InChI is InChI=1S/C23H18FN3O3S/c1-16-20(15-25-26-31(29,30)19-7-3-2-4-8-19)21-9-5-6-14-27(21)22(16)23(28)17-10-12-18(24)13-11-17/h2-15,26H,1H3/b25-15-. The summed E-state index contributed by atoms with van der Waals surface area (Å²) >= 11 is 0. The van der Waals surface area contributed by atoms with Crippen molar-refractivity contribution in [3.05, 3.63) is 107 Å². The maximum atomic E-state index is 13.3. The molecule has 0 amide bonds. The second-order valence-electron chi connectivity index (χ2n) is 6.85. The van der Waals surface area contributed by atoms with Gasteiger partial charge >= 0.3 is 0 Å². The number of carbonyl (C=O) groups is 1. The van der Waals surface area contributed by atoms with Gasteiger partial charge in [-0.25, -0.2) is 9.22 Å². The summed E-state index contributed by atoms with van der Waals surface area (Å²) in [5.41, 5.74) is 2.66. The average molecular weight is 435 g/mol. The molecule has 0 aliphatic rings. The van der Waals surface area contributed by atoms with Crippen molar-refractivity contribution in [2.75, 3.05) is 0 Å². The highest BCUT2D eigenvalue weighted by Gasteiger charge is 2.21. The molecule has 0 spiro atoms. The first-order valence-electron chi connectivity index (χ1n) is 9.38. The second-order valence-corrected chi connectivity index (χ2v) is 8.51. The Hall–Kier alpha value is -3.78. The van der Waals surface area contributed by atoms with Crippen LogP contribution >= 0.6 is 0 Å². The molecule has 0 aliphatic heterocycles. The average Bonchev–Trinajstić information content (AvgIpc) is 3.06. The second kappa shape index (κ2) is 8.16. The van der Waals surface area contributed by atoms with E-state index in [-0.39, 0.29) is 10.7 Å². The maximum Gasteiger partial charge on any atom is 0.276 e. The van der Waals surface area contributed by atoms with Crippen LogP contribution in [0.25, 0.3) is 5.52 Å². The molecular weight excluding hydrogens is 417 g/mol. The van der Waals surface area contributed by atoms with Crippen LogP contribution in [0.1, 0.15) is 27.2 Å². The number of nitrogens with one attached hydrogen (secondary N) is 1. The van der Waals surface area contributed by atoms with Gasteiger partial charge in [0, 0.05) is 17.3 Å². The summed E-state index contributed by atoms with van der Waals surface area (Å²) in [7, 11) is -3.81. The van der Waals surface area contributed by atoms with Gasteiger partial charge < -0.3 is 4.40 Å². The first kappa shape index (κ1) is 20.5. The van der Waals surface area contributed by atoms with Crippen LogP contribution in [0.2, 0.25) is 0 Å². The zero-order valence-electron chi connectivity index (χ0n) is 16.5. The molecule has 2 aromatic heterocycles. The molecule has 0 fully saturated rings. The van der Waals surface area contributed by atoms with E-state index in [9.17, 15) is 17.6 Å². The summed E-state index contributed by atoms with van der Waals surface area (Å²) in [5, 5.41) is 3.92. The zero-order chi connectivity index (χ0) is 22.0. The number of benzene rings is 2. The molecule has 0 saturated heterocycles. The number of sulfonamides is 1. The molecule has 31 heavy (non-hydrogen) atoms. The van der Waals surface area contributed by atoms with E-state index >= 15 is 0 Å². The van der Waals surface area contributed by atoms with Gasteiger partial charge in [0.15, 0.2) is 0 Å². The Balaban J connectivity index is 1.72. The Morgan fingerprint density at radius 3 is 2.39 bits per heavy atom. The number of rotatable bonds is 6. The van der Waals surface area contributed by atoms with E-state index in [1.807, 2.05) is 12.1 Å². The number of pyridine rings is 1. The minimum atomic E-state index is -3.81. The summed E-state index contributed by atoms with van der Waals surface area (Å²) in [5.74, 6) is -0.699. The van der Waals surface area contributed by atoms with Gasteiger partial charge in [0.05, 0.1) is 22.3 Å². The number of nitrogens with zero attached hydrogens (tertiary/aromatic N) is 2. The van der Waals surface area contributed by atoms with Crippen molar-refractivity contribution >= 4 is 27.5 Å².